The number of phenolic OH excluding ortho intramolecular Hbond substituents is 1. The van der Waals surface area contributed by atoms with Gasteiger partial charge in [-0.25, -0.2) is 0 Å². The molecule has 25 heavy (non-hydrogen) atoms. The molecular weight excluding hydrogens is 426 g/mol. The number of halogens is 2. The summed E-state index contributed by atoms with van der Waals surface area (Å²) in [5.41, 5.74) is 8.59. The minimum atomic E-state index is 0.148. The van der Waals surface area contributed by atoms with E-state index in [-0.39, 0.29) is 11.7 Å². The van der Waals surface area contributed by atoms with Crippen LogP contribution >= 0.6 is 39.7 Å². The van der Waals surface area contributed by atoms with Crippen molar-refractivity contribution in [1.82, 2.24) is 4.98 Å². The highest BCUT2D eigenvalue weighted by molar-refractivity contribution is 9.10. The maximum absolute atomic E-state index is 9.51. The number of nitriles is 1. The summed E-state index contributed by atoms with van der Waals surface area (Å²) in [4.78, 5) is 3.15. The molecule has 2 aromatic carbocycles. The fourth-order valence-electron chi connectivity index (χ4n) is 2.17. The molecule has 0 aliphatic heterocycles. The molecule has 3 rings (SSSR count). The largest absolute Gasteiger partial charge is 0.505 e. The Bertz CT molecular complexity index is 1020. The fraction of sp³-hybridized carbons (Fsp3) is 0.176. The maximum atomic E-state index is 9.51. The smallest absolute Gasteiger partial charge is 0.266 e. The van der Waals surface area contributed by atoms with Crippen molar-refractivity contribution < 1.29 is 9.52 Å². The number of oxazole rings is 1. The molecule has 130 valence electrons. The highest BCUT2D eigenvalue weighted by atomic mass is 79.9. The van der Waals surface area contributed by atoms with Crippen LogP contribution in [-0.2, 0) is 0 Å². The number of phenols is 1. The first-order valence-corrected chi connectivity index (χ1v) is 8.81. The summed E-state index contributed by atoms with van der Waals surface area (Å²) in [7, 11) is 0. The van der Waals surface area contributed by atoms with Gasteiger partial charge in [0.25, 0.3) is 4.84 Å². The molecule has 0 aliphatic rings. The number of hydrogen-bond donors (Lipinski definition) is 3. The van der Waals surface area contributed by atoms with E-state index in [1.165, 1.54) is 0 Å². The number of aromatic amines is 1. The van der Waals surface area contributed by atoms with E-state index in [9.17, 15) is 5.11 Å². The third-order valence-electron chi connectivity index (χ3n) is 3.36. The number of anilines is 1. The van der Waals surface area contributed by atoms with Crippen LogP contribution < -0.4 is 5.73 Å². The van der Waals surface area contributed by atoms with Gasteiger partial charge in [0.15, 0.2) is 5.58 Å². The van der Waals surface area contributed by atoms with Crippen LogP contribution in [0.1, 0.15) is 30.9 Å². The summed E-state index contributed by atoms with van der Waals surface area (Å²) in [5, 5.41) is 18.8. The molecule has 0 spiro atoms. The molecule has 0 radical (unpaired) electrons. The average molecular weight is 441 g/mol. The number of fused-ring (bicyclic) bond motifs is 1. The second-order valence-electron chi connectivity index (χ2n) is 5.55. The van der Waals surface area contributed by atoms with Gasteiger partial charge in [-0.05, 0) is 58.3 Å². The Hall–Kier alpha value is -2.01. The molecule has 8 heteroatoms. The van der Waals surface area contributed by atoms with Crippen LogP contribution in [0, 0.1) is 16.2 Å². The van der Waals surface area contributed by atoms with Crippen molar-refractivity contribution in [2.75, 3.05) is 5.73 Å². The van der Waals surface area contributed by atoms with E-state index >= 15 is 0 Å². The van der Waals surface area contributed by atoms with Gasteiger partial charge >= 0.3 is 0 Å². The van der Waals surface area contributed by atoms with Crippen molar-refractivity contribution in [3.05, 3.63) is 49.7 Å². The number of hydrogen-bond acceptors (Lipinski definition) is 5. The lowest BCUT2D eigenvalue weighted by atomic mass is 10.0. The van der Waals surface area contributed by atoms with Crippen LogP contribution in [0.5, 0.6) is 5.75 Å². The predicted molar refractivity (Wildman–Crippen MR) is 105 cm³/mol. The predicted octanol–water partition coefficient (Wildman–Crippen LogP) is 5.88. The van der Waals surface area contributed by atoms with E-state index in [4.69, 9.17) is 39.2 Å². The van der Waals surface area contributed by atoms with Crippen molar-refractivity contribution in [2.24, 2.45) is 0 Å². The number of nitrogens with one attached hydrogen (secondary N) is 1. The molecule has 0 fully saturated rings. The number of aromatic hydroxyl groups is 1. The first-order chi connectivity index (χ1) is 11.7. The topological polar surface area (TPSA) is 99.0 Å². The molecular formula is C17H15BrClN3O2S. The van der Waals surface area contributed by atoms with Crippen molar-refractivity contribution in [1.29, 1.82) is 5.26 Å². The number of nitrogens with two attached hydrogens (primary N) is 1. The molecule has 0 bridgehead atoms. The molecule has 3 aromatic rings. The van der Waals surface area contributed by atoms with E-state index < -0.39 is 0 Å². The Morgan fingerprint density at radius 3 is 2.64 bits per heavy atom. The van der Waals surface area contributed by atoms with Crippen LogP contribution in [0.25, 0.3) is 11.1 Å². The van der Waals surface area contributed by atoms with Crippen molar-refractivity contribution in [2.45, 2.75) is 19.8 Å². The molecule has 0 saturated heterocycles. The quantitative estimate of drug-likeness (QED) is 0.249. The molecule has 0 atom stereocenters. The Balaban J connectivity index is 0.000000181. The van der Waals surface area contributed by atoms with Crippen molar-refractivity contribution in [3.8, 4) is 11.8 Å². The Labute approximate surface area is 163 Å². The molecule has 0 aliphatic carbocycles. The number of H-pyrrole nitrogens is 1. The third kappa shape index (κ3) is 4.54. The van der Waals surface area contributed by atoms with Gasteiger partial charge in [-0.2, -0.15) is 5.26 Å². The van der Waals surface area contributed by atoms with Gasteiger partial charge in [-0.15, -0.1) is 0 Å². The zero-order valence-corrected chi connectivity index (χ0v) is 16.6. The zero-order chi connectivity index (χ0) is 18.7. The second kappa shape index (κ2) is 7.91. The average Bonchev–Trinajstić information content (AvgIpc) is 2.92. The SMILES string of the molecule is CC(C)c1cc(Cl)cc(N)c1O.N#Cc1cc(Br)c2oc(=S)[nH]c2c1. The Kier molecular flexibility index (Phi) is 6.11. The van der Waals surface area contributed by atoms with Gasteiger partial charge in [-0.1, -0.05) is 25.4 Å². The molecule has 0 saturated carbocycles. The minimum Gasteiger partial charge on any atom is -0.505 e. The molecule has 0 amide bonds. The number of nitrogens with zero attached hydrogens (tertiary/aromatic N) is 1. The van der Waals surface area contributed by atoms with Gasteiger partial charge in [0.1, 0.15) is 5.75 Å². The van der Waals surface area contributed by atoms with Crippen LogP contribution in [0.3, 0.4) is 0 Å². The minimum absolute atomic E-state index is 0.148. The summed E-state index contributed by atoms with van der Waals surface area (Å²) in [6, 6.07) is 8.70. The highest BCUT2D eigenvalue weighted by Gasteiger charge is 2.09. The van der Waals surface area contributed by atoms with Crippen LogP contribution in [0.2, 0.25) is 5.02 Å². The summed E-state index contributed by atoms with van der Waals surface area (Å²) in [5.74, 6) is 0.375. The number of rotatable bonds is 1. The van der Waals surface area contributed by atoms with E-state index in [2.05, 4.69) is 20.9 Å². The zero-order valence-electron chi connectivity index (χ0n) is 13.4. The van der Waals surface area contributed by atoms with E-state index in [0.29, 0.717) is 26.7 Å². The van der Waals surface area contributed by atoms with Crippen LogP contribution in [0.4, 0.5) is 5.69 Å². The number of nitrogen functional groups attached to an aromatic ring is 1. The van der Waals surface area contributed by atoms with E-state index in [1.807, 2.05) is 19.9 Å². The van der Waals surface area contributed by atoms with Crippen LogP contribution in [-0.4, -0.2) is 10.1 Å². The Morgan fingerprint density at radius 2 is 2.04 bits per heavy atom. The summed E-state index contributed by atoms with van der Waals surface area (Å²) in [6.07, 6.45) is 0. The van der Waals surface area contributed by atoms with Gasteiger partial charge in [0.05, 0.1) is 27.3 Å². The summed E-state index contributed by atoms with van der Waals surface area (Å²) in [6.45, 7) is 3.95. The fourth-order valence-corrected chi connectivity index (χ4v) is 3.13. The molecule has 4 N–H and O–H groups in total. The van der Waals surface area contributed by atoms with Gasteiger partial charge in [-0.3, -0.25) is 0 Å². The lowest BCUT2D eigenvalue weighted by Crippen LogP contribution is -1.93. The van der Waals surface area contributed by atoms with Gasteiger partial charge < -0.3 is 20.2 Å². The maximum Gasteiger partial charge on any atom is 0.266 e. The Morgan fingerprint density at radius 1 is 1.36 bits per heavy atom. The normalized spacial score (nSPS) is 10.4. The number of aromatic nitrogens is 1. The lowest BCUT2D eigenvalue weighted by Gasteiger charge is -2.10. The third-order valence-corrected chi connectivity index (χ3v) is 4.35. The van der Waals surface area contributed by atoms with Gasteiger partial charge in [0.2, 0.25) is 0 Å². The van der Waals surface area contributed by atoms with Gasteiger partial charge in [0, 0.05) is 10.6 Å². The molecule has 0 unspecified atom stereocenters. The van der Waals surface area contributed by atoms with Crippen LogP contribution in [0.15, 0.2) is 33.2 Å². The molecule has 1 heterocycles. The molecule has 1 aromatic heterocycles. The molecule has 5 nitrogen and oxygen atoms in total. The highest BCUT2D eigenvalue weighted by Crippen LogP contribution is 2.33. The van der Waals surface area contributed by atoms with Crippen molar-refractivity contribution in [3.63, 3.8) is 0 Å². The summed E-state index contributed by atoms with van der Waals surface area (Å²) < 4.78 is 5.93. The van der Waals surface area contributed by atoms with E-state index in [1.54, 1.807) is 24.3 Å². The number of benzene rings is 2. The summed E-state index contributed by atoms with van der Waals surface area (Å²) >= 11 is 13.9. The standard InChI is InChI=1S/C9H12ClNO.C8H3BrN2OS/c1-5(2)7-3-6(10)4-8(11)9(7)12;9-5-1-4(3-10)2-6-7(5)12-8(13)11-6/h3-5,12H,11H2,1-2H3;1-2H,(H,11,13). The van der Waals surface area contributed by atoms with Crippen molar-refractivity contribution >= 4 is 56.5 Å². The van der Waals surface area contributed by atoms with E-state index in [0.717, 1.165) is 15.6 Å². The monoisotopic (exact) mass is 439 g/mol. The first kappa shape index (κ1) is 19.3. The second-order valence-corrected chi connectivity index (χ2v) is 7.21. The lowest BCUT2D eigenvalue weighted by molar-refractivity contribution is 0.467. The first-order valence-electron chi connectivity index (χ1n) is 7.23.